The van der Waals surface area contributed by atoms with E-state index in [0.717, 1.165) is 11.1 Å². The summed E-state index contributed by atoms with van der Waals surface area (Å²) >= 11 is 0. The molecule has 0 heterocycles. The first-order chi connectivity index (χ1) is 12.2. The van der Waals surface area contributed by atoms with Gasteiger partial charge in [0.15, 0.2) is 6.17 Å². The fourth-order valence-corrected chi connectivity index (χ4v) is 3.44. The molecule has 2 N–H and O–H groups in total. The summed E-state index contributed by atoms with van der Waals surface area (Å²) in [7, 11) is -3.81. The average molecular weight is 387 g/mol. The predicted molar refractivity (Wildman–Crippen MR) is 95.7 cm³/mol. The second-order valence-corrected chi connectivity index (χ2v) is 8.11. The highest BCUT2D eigenvalue weighted by molar-refractivity contribution is 7.93. The maximum absolute atomic E-state index is 13.0. The molecule has 0 amide bonds. The van der Waals surface area contributed by atoms with E-state index in [1.54, 1.807) is 48.5 Å². The van der Waals surface area contributed by atoms with Crippen molar-refractivity contribution in [3.63, 3.8) is 0 Å². The van der Waals surface area contributed by atoms with Crippen LogP contribution in [0.1, 0.15) is 19.8 Å². The molecule has 2 aromatic rings. The van der Waals surface area contributed by atoms with E-state index in [1.807, 2.05) is 0 Å². The fraction of sp³-hybridized carbons (Fsp3) is 0.333. The monoisotopic (exact) mass is 387 g/mol. The molecule has 0 bridgehead atoms. The zero-order valence-corrected chi connectivity index (χ0v) is 14.9. The summed E-state index contributed by atoms with van der Waals surface area (Å²) < 4.78 is 64.1. The number of sulfonamides is 1. The number of anilines is 1. The van der Waals surface area contributed by atoms with Gasteiger partial charge in [-0.2, -0.15) is 0 Å². The molecule has 8 heteroatoms. The number of phenols is 1. The summed E-state index contributed by atoms with van der Waals surface area (Å²) in [5, 5.41) is 8.29. The normalized spacial score (nSPS) is 14.2. The average Bonchev–Trinajstić information content (AvgIpc) is 2.60. The smallest absolute Gasteiger partial charge is 0.269 e. The van der Waals surface area contributed by atoms with E-state index in [2.05, 4.69) is 4.72 Å². The van der Waals surface area contributed by atoms with E-state index in [9.17, 15) is 26.7 Å². The molecule has 2 unspecified atom stereocenters. The lowest BCUT2D eigenvalue weighted by Gasteiger charge is -2.16. The number of hydrogen-bond acceptors (Lipinski definition) is 3. The number of phenolic OH excluding ortho intramolecular Hbond substituents is 1. The van der Waals surface area contributed by atoms with Crippen LogP contribution in [0.4, 0.5) is 18.9 Å². The Morgan fingerprint density at radius 1 is 0.923 bits per heavy atom. The third-order valence-corrected chi connectivity index (χ3v) is 5.81. The number of rotatable bonds is 8. The maximum atomic E-state index is 13.0. The van der Waals surface area contributed by atoms with Crippen LogP contribution in [0.2, 0.25) is 0 Å². The second-order valence-electron chi connectivity index (χ2n) is 6.01. The van der Waals surface area contributed by atoms with E-state index in [4.69, 9.17) is 0 Å². The van der Waals surface area contributed by atoms with Crippen LogP contribution in [0, 0.1) is 0 Å². The number of aromatic hydroxyl groups is 1. The Hall–Kier alpha value is -2.22. The summed E-state index contributed by atoms with van der Waals surface area (Å²) in [5.41, 5.74) is 2.01. The van der Waals surface area contributed by atoms with Crippen molar-refractivity contribution in [2.45, 2.75) is 37.6 Å². The van der Waals surface area contributed by atoms with Crippen LogP contribution in [0.5, 0.6) is 5.75 Å². The summed E-state index contributed by atoms with van der Waals surface area (Å²) in [6, 6.07) is 13.1. The molecule has 0 aliphatic carbocycles. The Labute approximate surface area is 150 Å². The first-order valence-electron chi connectivity index (χ1n) is 8.02. The van der Waals surface area contributed by atoms with Crippen molar-refractivity contribution in [2.24, 2.45) is 0 Å². The molecule has 0 saturated heterocycles. The molecule has 2 aromatic carbocycles. The maximum Gasteiger partial charge on any atom is 0.269 e. The molecule has 0 aromatic heterocycles. The third kappa shape index (κ3) is 5.39. The van der Waals surface area contributed by atoms with Crippen molar-refractivity contribution >= 4 is 15.7 Å². The van der Waals surface area contributed by atoms with Crippen molar-refractivity contribution in [3.8, 4) is 16.9 Å². The molecule has 0 saturated carbocycles. The van der Waals surface area contributed by atoms with Crippen LogP contribution in [0.15, 0.2) is 48.5 Å². The van der Waals surface area contributed by atoms with Crippen molar-refractivity contribution < 1.29 is 26.7 Å². The molecule has 2 rings (SSSR count). The Balaban J connectivity index is 2.01. The minimum Gasteiger partial charge on any atom is -0.508 e. The van der Waals surface area contributed by atoms with Crippen LogP contribution in [0.25, 0.3) is 11.1 Å². The van der Waals surface area contributed by atoms with Crippen molar-refractivity contribution in [1.82, 2.24) is 0 Å². The molecule has 2 atom stereocenters. The highest BCUT2D eigenvalue weighted by atomic mass is 32.2. The van der Waals surface area contributed by atoms with Gasteiger partial charge in [-0.1, -0.05) is 24.3 Å². The molecule has 142 valence electrons. The Bertz CT molecular complexity index is 809. The minimum atomic E-state index is -3.81. The van der Waals surface area contributed by atoms with E-state index in [1.165, 1.54) is 6.92 Å². The molecular formula is C18H20F3NO3S. The van der Waals surface area contributed by atoms with Crippen LogP contribution >= 0.6 is 0 Å². The predicted octanol–water partition coefficient (Wildman–Crippen LogP) is 4.57. The molecule has 0 aliphatic rings. The number of nitrogens with one attached hydrogen (secondary N) is 1. The van der Waals surface area contributed by atoms with Crippen molar-refractivity contribution in [1.29, 1.82) is 0 Å². The van der Waals surface area contributed by atoms with Gasteiger partial charge in [-0.05, 0) is 55.2 Å². The lowest BCUT2D eigenvalue weighted by molar-refractivity contribution is 0.0444. The van der Waals surface area contributed by atoms with Gasteiger partial charge in [0.05, 0.1) is 5.25 Å². The second kappa shape index (κ2) is 8.44. The lowest BCUT2D eigenvalue weighted by Crippen LogP contribution is -2.27. The van der Waals surface area contributed by atoms with E-state index >= 15 is 0 Å². The summed E-state index contributed by atoms with van der Waals surface area (Å²) in [6.45, 7) is 1.35. The SMILES string of the molecule is CC(CCC(F)C(F)F)S(=O)(=O)Nc1ccc(-c2ccc(O)cc2)cc1. The van der Waals surface area contributed by atoms with Gasteiger partial charge in [0, 0.05) is 5.69 Å². The lowest BCUT2D eigenvalue weighted by atomic mass is 10.1. The molecule has 0 fully saturated rings. The topological polar surface area (TPSA) is 66.4 Å². The van der Waals surface area contributed by atoms with Gasteiger partial charge in [-0.3, -0.25) is 4.72 Å². The first-order valence-corrected chi connectivity index (χ1v) is 9.57. The van der Waals surface area contributed by atoms with Crippen molar-refractivity contribution in [3.05, 3.63) is 48.5 Å². The van der Waals surface area contributed by atoms with Crippen LogP contribution in [0.3, 0.4) is 0 Å². The molecule has 4 nitrogen and oxygen atoms in total. The highest BCUT2D eigenvalue weighted by Gasteiger charge is 2.25. The summed E-state index contributed by atoms with van der Waals surface area (Å²) in [5.74, 6) is 0.148. The number of alkyl halides is 3. The molecule has 26 heavy (non-hydrogen) atoms. The van der Waals surface area contributed by atoms with Crippen LogP contribution < -0.4 is 4.72 Å². The molecule has 0 radical (unpaired) electrons. The zero-order chi connectivity index (χ0) is 19.3. The van der Waals surface area contributed by atoms with E-state index < -0.39 is 34.3 Å². The summed E-state index contributed by atoms with van der Waals surface area (Å²) in [4.78, 5) is 0. The number of halogens is 3. The third-order valence-electron chi connectivity index (χ3n) is 4.00. The van der Waals surface area contributed by atoms with Gasteiger partial charge in [-0.15, -0.1) is 0 Å². The van der Waals surface area contributed by atoms with E-state index in [-0.39, 0.29) is 12.2 Å². The summed E-state index contributed by atoms with van der Waals surface area (Å²) in [6.07, 6.45) is -6.14. The van der Waals surface area contributed by atoms with Crippen LogP contribution in [-0.2, 0) is 10.0 Å². The molecule has 0 spiro atoms. The first kappa shape index (κ1) is 20.1. The van der Waals surface area contributed by atoms with Gasteiger partial charge in [0.25, 0.3) is 6.43 Å². The Morgan fingerprint density at radius 3 is 1.92 bits per heavy atom. The molecule has 0 aliphatic heterocycles. The van der Waals surface area contributed by atoms with Gasteiger partial charge < -0.3 is 5.11 Å². The van der Waals surface area contributed by atoms with Gasteiger partial charge in [0.1, 0.15) is 5.75 Å². The van der Waals surface area contributed by atoms with Gasteiger partial charge in [0.2, 0.25) is 10.0 Å². The highest BCUT2D eigenvalue weighted by Crippen LogP contribution is 2.24. The zero-order valence-electron chi connectivity index (χ0n) is 14.1. The number of hydrogen-bond donors (Lipinski definition) is 2. The fourth-order valence-electron chi connectivity index (χ4n) is 2.32. The minimum absolute atomic E-state index is 0.148. The Morgan fingerprint density at radius 2 is 1.42 bits per heavy atom. The van der Waals surface area contributed by atoms with Gasteiger partial charge >= 0.3 is 0 Å². The largest absolute Gasteiger partial charge is 0.508 e. The Kier molecular flexibility index (Phi) is 6.52. The standard InChI is InChI=1S/C18H20F3NO3S/c1-12(2-11-17(19)18(20)21)26(24,25)22-15-7-3-13(4-8-15)14-5-9-16(23)10-6-14/h3-10,12,17-18,22-23H,2,11H2,1H3. The van der Waals surface area contributed by atoms with Crippen molar-refractivity contribution in [2.75, 3.05) is 4.72 Å². The molecular weight excluding hydrogens is 367 g/mol. The number of benzene rings is 2. The van der Waals surface area contributed by atoms with E-state index in [0.29, 0.717) is 5.69 Å². The van der Waals surface area contributed by atoms with Gasteiger partial charge in [-0.25, -0.2) is 21.6 Å². The quantitative estimate of drug-likeness (QED) is 0.697. The van der Waals surface area contributed by atoms with Crippen LogP contribution in [-0.4, -0.2) is 31.4 Å².